The number of nitrogens with one attached hydrogen (secondary N) is 1. The Labute approximate surface area is 174 Å². The number of carbonyl (C=O) groups excluding carboxylic acids is 1. The number of hydrazone groups is 1. The Morgan fingerprint density at radius 3 is 2.70 bits per heavy atom. The van der Waals surface area contributed by atoms with Gasteiger partial charge < -0.3 is 4.74 Å². The predicted octanol–water partition coefficient (Wildman–Crippen LogP) is 5.51. The number of ether oxygens (including phenoxy) is 1. The molecule has 0 saturated heterocycles. The zero-order chi connectivity index (χ0) is 19.4. The van der Waals surface area contributed by atoms with Gasteiger partial charge in [-0.25, -0.2) is 5.43 Å². The molecule has 0 unspecified atom stereocenters. The summed E-state index contributed by atoms with van der Waals surface area (Å²) in [6.45, 7) is 3.93. The Morgan fingerprint density at radius 2 is 1.93 bits per heavy atom. The molecule has 0 radical (unpaired) electrons. The molecule has 3 aromatic carbocycles. The van der Waals surface area contributed by atoms with Crippen molar-refractivity contribution in [1.82, 2.24) is 5.43 Å². The van der Waals surface area contributed by atoms with Crippen LogP contribution < -0.4 is 10.2 Å². The molecule has 0 atom stereocenters. The molecule has 6 heteroatoms. The second-order valence-corrected chi connectivity index (χ2v) is 7.89. The number of carbonyl (C=O) groups is 1. The minimum absolute atomic E-state index is 0.120. The van der Waals surface area contributed by atoms with Crippen molar-refractivity contribution in [1.29, 1.82) is 0 Å². The largest absolute Gasteiger partial charge is 0.483 e. The van der Waals surface area contributed by atoms with Crippen molar-refractivity contribution in [2.45, 2.75) is 13.8 Å². The molecule has 1 N–H and O–H groups in total. The Kier molecular flexibility index (Phi) is 6.29. The molecule has 3 rings (SSSR count). The van der Waals surface area contributed by atoms with E-state index in [0.29, 0.717) is 5.75 Å². The second-order valence-electron chi connectivity index (χ2n) is 6.19. The number of hydrogen-bond acceptors (Lipinski definition) is 3. The maximum absolute atomic E-state index is 12.0. The molecular formula is C21H18Br2N2O2. The predicted molar refractivity (Wildman–Crippen MR) is 116 cm³/mol. The van der Waals surface area contributed by atoms with Gasteiger partial charge in [-0.15, -0.1) is 0 Å². The quantitative estimate of drug-likeness (QED) is 0.379. The van der Waals surface area contributed by atoms with E-state index < -0.39 is 0 Å². The van der Waals surface area contributed by atoms with Gasteiger partial charge in [-0.05, 0) is 69.9 Å². The van der Waals surface area contributed by atoms with Crippen LogP contribution in [0.15, 0.2) is 62.6 Å². The molecule has 0 fully saturated rings. The van der Waals surface area contributed by atoms with Crippen LogP contribution in [0.2, 0.25) is 0 Å². The summed E-state index contributed by atoms with van der Waals surface area (Å²) in [6, 6.07) is 15.8. The number of hydrogen-bond donors (Lipinski definition) is 1. The van der Waals surface area contributed by atoms with Crippen molar-refractivity contribution < 1.29 is 9.53 Å². The summed E-state index contributed by atoms with van der Waals surface area (Å²) in [5, 5.41) is 6.10. The fourth-order valence-corrected chi connectivity index (χ4v) is 3.66. The van der Waals surface area contributed by atoms with Crippen molar-refractivity contribution >= 4 is 54.8 Å². The van der Waals surface area contributed by atoms with E-state index in [2.05, 4.69) is 48.5 Å². The van der Waals surface area contributed by atoms with Crippen LogP contribution in [0.4, 0.5) is 0 Å². The minimum Gasteiger partial charge on any atom is -0.483 e. The second kappa shape index (κ2) is 8.67. The van der Waals surface area contributed by atoms with E-state index in [1.807, 2.05) is 56.3 Å². The Balaban J connectivity index is 1.60. The summed E-state index contributed by atoms with van der Waals surface area (Å²) in [5.74, 6) is 0.289. The Hall–Kier alpha value is -2.18. The van der Waals surface area contributed by atoms with Crippen LogP contribution in [0.25, 0.3) is 10.8 Å². The smallest absolute Gasteiger partial charge is 0.277 e. The molecule has 0 aliphatic rings. The summed E-state index contributed by atoms with van der Waals surface area (Å²) in [6.07, 6.45) is 1.64. The van der Waals surface area contributed by atoms with E-state index in [9.17, 15) is 4.79 Å². The zero-order valence-electron chi connectivity index (χ0n) is 14.9. The highest BCUT2D eigenvalue weighted by Crippen LogP contribution is 2.34. The average Bonchev–Trinajstić information content (AvgIpc) is 2.63. The van der Waals surface area contributed by atoms with Crippen LogP contribution in [0.5, 0.6) is 5.75 Å². The number of aryl methyl sites for hydroxylation is 2. The van der Waals surface area contributed by atoms with E-state index in [4.69, 9.17) is 4.74 Å². The van der Waals surface area contributed by atoms with E-state index in [1.165, 1.54) is 5.56 Å². The fourth-order valence-electron chi connectivity index (χ4n) is 2.67. The van der Waals surface area contributed by atoms with Gasteiger partial charge in [0.25, 0.3) is 5.91 Å². The number of fused-ring (bicyclic) bond motifs is 1. The van der Waals surface area contributed by atoms with Gasteiger partial charge in [0.15, 0.2) is 6.61 Å². The third kappa shape index (κ3) is 4.96. The third-order valence-corrected chi connectivity index (χ3v) is 5.37. The van der Waals surface area contributed by atoms with Gasteiger partial charge in [-0.2, -0.15) is 5.10 Å². The van der Waals surface area contributed by atoms with Gasteiger partial charge in [0.2, 0.25) is 0 Å². The Bertz CT molecular complexity index is 1030. The van der Waals surface area contributed by atoms with Crippen LogP contribution in [0.3, 0.4) is 0 Å². The highest BCUT2D eigenvalue weighted by molar-refractivity contribution is 9.11. The molecule has 0 saturated carbocycles. The molecule has 0 aromatic heterocycles. The summed E-state index contributed by atoms with van der Waals surface area (Å²) in [7, 11) is 0. The maximum atomic E-state index is 12.0. The molecule has 0 spiro atoms. The maximum Gasteiger partial charge on any atom is 0.277 e. The first kappa shape index (κ1) is 19.6. The van der Waals surface area contributed by atoms with Gasteiger partial charge in [-0.3, -0.25) is 4.79 Å². The molecule has 138 valence electrons. The van der Waals surface area contributed by atoms with Crippen LogP contribution in [-0.4, -0.2) is 18.7 Å². The lowest BCUT2D eigenvalue weighted by atomic mass is 10.1. The highest BCUT2D eigenvalue weighted by atomic mass is 79.9. The normalized spacial score (nSPS) is 11.1. The van der Waals surface area contributed by atoms with Crippen LogP contribution >= 0.6 is 31.9 Å². The molecule has 0 aliphatic heterocycles. The number of rotatable bonds is 5. The molecule has 0 bridgehead atoms. The average molecular weight is 490 g/mol. The number of benzene rings is 3. The zero-order valence-corrected chi connectivity index (χ0v) is 18.1. The van der Waals surface area contributed by atoms with Gasteiger partial charge in [0, 0.05) is 4.47 Å². The van der Waals surface area contributed by atoms with E-state index in [-0.39, 0.29) is 12.5 Å². The SMILES string of the molecule is Cc1ccc(/C=N/NC(=O)COc2ccc3cc(Br)ccc3c2Br)c(C)c1. The Morgan fingerprint density at radius 1 is 1.11 bits per heavy atom. The molecule has 1 amide bonds. The molecule has 27 heavy (non-hydrogen) atoms. The van der Waals surface area contributed by atoms with Crippen molar-refractivity contribution in [2.75, 3.05) is 6.61 Å². The summed E-state index contributed by atoms with van der Waals surface area (Å²) >= 11 is 7.01. The summed E-state index contributed by atoms with van der Waals surface area (Å²) in [4.78, 5) is 12.0. The molecule has 3 aromatic rings. The lowest BCUT2D eigenvalue weighted by Crippen LogP contribution is -2.24. The van der Waals surface area contributed by atoms with E-state index in [1.54, 1.807) is 6.21 Å². The number of amides is 1. The van der Waals surface area contributed by atoms with Crippen molar-refractivity contribution in [2.24, 2.45) is 5.10 Å². The standard InChI is InChI=1S/C21H18Br2N2O2/c1-13-3-4-16(14(2)9-13)11-24-25-20(26)12-27-19-8-5-15-10-17(22)6-7-18(15)21(19)23/h3-11H,12H2,1-2H3,(H,25,26)/b24-11+. The molecule has 0 aliphatic carbocycles. The van der Waals surface area contributed by atoms with Crippen LogP contribution in [0.1, 0.15) is 16.7 Å². The number of halogens is 2. The first-order valence-corrected chi connectivity index (χ1v) is 9.92. The number of nitrogens with zero attached hydrogens (tertiary/aromatic N) is 1. The monoisotopic (exact) mass is 488 g/mol. The summed E-state index contributed by atoms with van der Waals surface area (Å²) in [5.41, 5.74) is 5.75. The first-order chi connectivity index (χ1) is 12.9. The van der Waals surface area contributed by atoms with Gasteiger partial charge in [-0.1, -0.05) is 51.8 Å². The summed E-state index contributed by atoms with van der Waals surface area (Å²) < 4.78 is 7.46. The van der Waals surface area contributed by atoms with Crippen molar-refractivity contribution in [3.8, 4) is 5.75 Å². The lowest BCUT2D eigenvalue weighted by molar-refractivity contribution is -0.123. The van der Waals surface area contributed by atoms with E-state index in [0.717, 1.165) is 30.8 Å². The minimum atomic E-state index is -0.321. The lowest BCUT2D eigenvalue weighted by Gasteiger charge is -2.10. The van der Waals surface area contributed by atoms with Crippen molar-refractivity contribution in [3.05, 3.63) is 74.2 Å². The van der Waals surface area contributed by atoms with Gasteiger partial charge in [0.05, 0.1) is 10.7 Å². The molecule has 4 nitrogen and oxygen atoms in total. The van der Waals surface area contributed by atoms with E-state index >= 15 is 0 Å². The van der Waals surface area contributed by atoms with Crippen LogP contribution in [-0.2, 0) is 4.79 Å². The highest BCUT2D eigenvalue weighted by Gasteiger charge is 2.09. The fraction of sp³-hybridized carbons (Fsp3) is 0.143. The van der Waals surface area contributed by atoms with Gasteiger partial charge in [0.1, 0.15) is 5.75 Å². The first-order valence-electron chi connectivity index (χ1n) is 8.34. The van der Waals surface area contributed by atoms with Crippen LogP contribution in [0, 0.1) is 13.8 Å². The van der Waals surface area contributed by atoms with Crippen molar-refractivity contribution in [3.63, 3.8) is 0 Å². The molecular weight excluding hydrogens is 472 g/mol. The molecule has 0 heterocycles. The third-order valence-electron chi connectivity index (χ3n) is 4.06. The van der Waals surface area contributed by atoms with Gasteiger partial charge >= 0.3 is 0 Å². The topological polar surface area (TPSA) is 50.7 Å².